The van der Waals surface area contributed by atoms with Crippen LogP contribution in [0.2, 0.25) is 0 Å². The Bertz CT molecular complexity index is 281. The molecule has 5 heteroatoms. The van der Waals surface area contributed by atoms with E-state index in [1.807, 2.05) is 0 Å². The second-order valence-electron chi connectivity index (χ2n) is 4.78. The number of methoxy groups -OCH3 is 1. The Balaban J connectivity index is 2.12. The second kappa shape index (κ2) is 4.59. The summed E-state index contributed by atoms with van der Waals surface area (Å²) in [4.78, 5) is 6.69. The van der Waals surface area contributed by atoms with Gasteiger partial charge in [0.05, 0.1) is 18.7 Å². The Labute approximate surface area is 97.0 Å². The zero-order chi connectivity index (χ0) is 11.6. The molecule has 0 aromatic carbocycles. The minimum atomic E-state index is 0.133. The SMILES string of the molecule is COCCN1C(N)=NCC12CCNCC2C. The van der Waals surface area contributed by atoms with E-state index in [0.29, 0.717) is 18.5 Å². The van der Waals surface area contributed by atoms with Crippen molar-refractivity contribution in [1.82, 2.24) is 10.2 Å². The number of hydrogen-bond donors (Lipinski definition) is 2. The number of nitrogens with one attached hydrogen (secondary N) is 1. The minimum absolute atomic E-state index is 0.133. The molecule has 1 spiro atoms. The largest absolute Gasteiger partial charge is 0.383 e. The van der Waals surface area contributed by atoms with Gasteiger partial charge in [-0.05, 0) is 25.4 Å². The topological polar surface area (TPSA) is 62.9 Å². The van der Waals surface area contributed by atoms with Gasteiger partial charge in [0.2, 0.25) is 0 Å². The summed E-state index contributed by atoms with van der Waals surface area (Å²) in [6.45, 7) is 6.77. The lowest BCUT2D eigenvalue weighted by molar-refractivity contribution is 0.0689. The normalized spacial score (nSPS) is 34.5. The smallest absolute Gasteiger partial charge is 0.191 e. The molecule has 92 valence electrons. The van der Waals surface area contributed by atoms with E-state index in [9.17, 15) is 0 Å². The third kappa shape index (κ3) is 1.78. The Hall–Kier alpha value is -0.810. The van der Waals surface area contributed by atoms with Gasteiger partial charge in [0.1, 0.15) is 0 Å². The highest BCUT2D eigenvalue weighted by atomic mass is 16.5. The zero-order valence-electron chi connectivity index (χ0n) is 10.2. The molecule has 5 nitrogen and oxygen atoms in total. The van der Waals surface area contributed by atoms with Crippen molar-refractivity contribution in [2.75, 3.05) is 39.9 Å². The van der Waals surface area contributed by atoms with Crippen molar-refractivity contribution in [2.45, 2.75) is 18.9 Å². The highest BCUT2D eigenvalue weighted by molar-refractivity contribution is 5.81. The summed E-state index contributed by atoms with van der Waals surface area (Å²) in [6.07, 6.45) is 1.11. The number of rotatable bonds is 3. The molecule has 0 bridgehead atoms. The van der Waals surface area contributed by atoms with Gasteiger partial charge in [0, 0.05) is 13.7 Å². The summed E-state index contributed by atoms with van der Waals surface area (Å²) < 4.78 is 5.15. The van der Waals surface area contributed by atoms with Crippen LogP contribution in [0.4, 0.5) is 0 Å². The van der Waals surface area contributed by atoms with Crippen LogP contribution < -0.4 is 11.1 Å². The van der Waals surface area contributed by atoms with E-state index < -0.39 is 0 Å². The number of guanidine groups is 1. The first-order valence-corrected chi connectivity index (χ1v) is 5.98. The molecule has 0 saturated carbocycles. The van der Waals surface area contributed by atoms with Crippen molar-refractivity contribution < 1.29 is 4.74 Å². The molecule has 0 aliphatic carbocycles. The fourth-order valence-electron chi connectivity index (χ4n) is 2.83. The van der Waals surface area contributed by atoms with Gasteiger partial charge >= 0.3 is 0 Å². The fraction of sp³-hybridized carbons (Fsp3) is 0.909. The van der Waals surface area contributed by atoms with E-state index in [-0.39, 0.29) is 5.54 Å². The molecule has 3 N–H and O–H groups in total. The molecule has 0 radical (unpaired) electrons. The van der Waals surface area contributed by atoms with Crippen LogP contribution in [0.3, 0.4) is 0 Å². The quantitative estimate of drug-likeness (QED) is 0.689. The third-order valence-corrected chi connectivity index (χ3v) is 3.95. The molecule has 2 heterocycles. The number of piperidine rings is 1. The van der Waals surface area contributed by atoms with Crippen LogP contribution in [-0.2, 0) is 4.74 Å². The minimum Gasteiger partial charge on any atom is -0.383 e. The summed E-state index contributed by atoms with van der Waals surface area (Å²) in [6, 6.07) is 0. The van der Waals surface area contributed by atoms with Crippen LogP contribution in [0.25, 0.3) is 0 Å². The van der Waals surface area contributed by atoms with Gasteiger partial charge in [0.15, 0.2) is 5.96 Å². The monoisotopic (exact) mass is 226 g/mol. The first kappa shape index (κ1) is 11.7. The van der Waals surface area contributed by atoms with Crippen LogP contribution in [0, 0.1) is 5.92 Å². The number of hydrogen-bond acceptors (Lipinski definition) is 5. The molecule has 0 amide bonds. The molecule has 16 heavy (non-hydrogen) atoms. The zero-order valence-corrected chi connectivity index (χ0v) is 10.2. The summed E-state index contributed by atoms with van der Waals surface area (Å²) in [7, 11) is 1.72. The average Bonchev–Trinajstić information content (AvgIpc) is 2.59. The van der Waals surface area contributed by atoms with E-state index >= 15 is 0 Å². The number of ether oxygens (including phenoxy) is 1. The maximum Gasteiger partial charge on any atom is 0.191 e. The maximum absolute atomic E-state index is 5.99. The first-order valence-electron chi connectivity index (χ1n) is 5.98. The van der Waals surface area contributed by atoms with Gasteiger partial charge in [-0.25, -0.2) is 0 Å². The highest BCUT2D eigenvalue weighted by Gasteiger charge is 2.47. The molecule has 2 atom stereocenters. The van der Waals surface area contributed by atoms with Gasteiger partial charge in [-0.15, -0.1) is 0 Å². The molecule has 2 aliphatic heterocycles. The summed E-state index contributed by atoms with van der Waals surface area (Å²) in [5.74, 6) is 1.26. The van der Waals surface area contributed by atoms with Gasteiger partial charge in [-0.2, -0.15) is 0 Å². The molecular weight excluding hydrogens is 204 g/mol. The first-order chi connectivity index (χ1) is 7.70. The highest BCUT2D eigenvalue weighted by Crippen LogP contribution is 2.34. The van der Waals surface area contributed by atoms with Crippen molar-refractivity contribution in [3.05, 3.63) is 0 Å². The van der Waals surface area contributed by atoms with Crippen molar-refractivity contribution in [1.29, 1.82) is 0 Å². The fourth-order valence-corrected chi connectivity index (χ4v) is 2.83. The molecule has 2 aliphatic rings. The van der Waals surface area contributed by atoms with Crippen molar-refractivity contribution >= 4 is 5.96 Å². The van der Waals surface area contributed by atoms with E-state index in [0.717, 1.165) is 32.6 Å². The lowest BCUT2D eigenvalue weighted by Gasteiger charge is -2.46. The number of aliphatic imine (C=N–C) groups is 1. The van der Waals surface area contributed by atoms with Crippen LogP contribution in [0.5, 0.6) is 0 Å². The lowest BCUT2D eigenvalue weighted by atomic mass is 9.78. The average molecular weight is 226 g/mol. The third-order valence-electron chi connectivity index (χ3n) is 3.95. The van der Waals surface area contributed by atoms with Crippen LogP contribution in [0.1, 0.15) is 13.3 Å². The summed E-state index contributed by atoms with van der Waals surface area (Å²) >= 11 is 0. The van der Waals surface area contributed by atoms with E-state index in [1.165, 1.54) is 0 Å². The molecule has 2 rings (SSSR count). The summed E-state index contributed by atoms with van der Waals surface area (Å²) in [5.41, 5.74) is 6.12. The molecule has 1 fully saturated rings. The van der Waals surface area contributed by atoms with Crippen molar-refractivity contribution in [2.24, 2.45) is 16.6 Å². The molecule has 0 aromatic rings. The maximum atomic E-state index is 5.99. The van der Waals surface area contributed by atoms with E-state index in [2.05, 4.69) is 22.1 Å². The van der Waals surface area contributed by atoms with E-state index in [1.54, 1.807) is 7.11 Å². The van der Waals surface area contributed by atoms with Crippen molar-refractivity contribution in [3.8, 4) is 0 Å². The Morgan fingerprint density at radius 2 is 2.50 bits per heavy atom. The van der Waals surface area contributed by atoms with Gasteiger partial charge in [0.25, 0.3) is 0 Å². The Morgan fingerprint density at radius 3 is 3.19 bits per heavy atom. The van der Waals surface area contributed by atoms with Crippen LogP contribution in [-0.4, -0.2) is 56.3 Å². The van der Waals surface area contributed by atoms with Crippen LogP contribution >= 0.6 is 0 Å². The molecule has 1 saturated heterocycles. The lowest BCUT2D eigenvalue weighted by Crippen LogP contribution is -2.61. The summed E-state index contributed by atoms with van der Waals surface area (Å²) in [5, 5.41) is 3.43. The molecular formula is C11H22N4O. The molecule has 0 aromatic heterocycles. The standard InChI is InChI=1S/C11H22N4O/c1-9-7-13-4-3-11(9)8-14-10(12)15(11)5-6-16-2/h9,13H,3-8H2,1-2H3,(H2,12,14). The Morgan fingerprint density at radius 1 is 1.69 bits per heavy atom. The van der Waals surface area contributed by atoms with Crippen LogP contribution in [0.15, 0.2) is 4.99 Å². The predicted molar refractivity (Wildman–Crippen MR) is 64.5 cm³/mol. The van der Waals surface area contributed by atoms with Gasteiger partial charge in [-0.1, -0.05) is 6.92 Å². The van der Waals surface area contributed by atoms with Crippen molar-refractivity contribution in [3.63, 3.8) is 0 Å². The second-order valence-corrected chi connectivity index (χ2v) is 4.78. The predicted octanol–water partition coefficient (Wildman–Crippen LogP) is -0.369. The number of nitrogens with two attached hydrogens (primary N) is 1. The van der Waals surface area contributed by atoms with E-state index in [4.69, 9.17) is 10.5 Å². The number of nitrogens with zero attached hydrogens (tertiary/aromatic N) is 2. The Kier molecular flexibility index (Phi) is 3.35. The molecule has 2 unspecified atom stereocenters. The van der Waals surface area contributed by atoms with Gasteiger partial charge < -0.3 is 20.7 Å². The van der Waals surface area contributed by atoms with Gasteiger partial charge in [-0.3, -0.25) is 4.99 Å².